The van der Waals surface area contributed by atoms with E-state index in [4.69, 9.17) is 0 Å². The molecule has 0 aliphatic heterocycles. The molecule has 4 rings (SSSR count). The molecular weight excluding hydrogens is 318 g/mol. The monoisotopic (exact) mass is 341 g/mol. The number of benzene rings is 1. The molecule has 1 saturated carbocycles. The molecule has 1 aliphatic rings. The molecular formula is C23H23N3. The Morgan fingerprint density at radius 2 is 1.81 bits per heavy atom. The second-order valence-corrected chi connectivity index (χ2v) is 7.13. The van der Waals surface area contributed by atoms with Crippen molar-refractivity contribution in [3.63, 3.8) is 0 Å². The van der Waals surface area contributed by atoms with Crippen LogP contribution in [-0.2, 0) is 0 Å². The first-order valence-corrected chi connectivity index (χ1v) is 9.06. The van der Waals surface area contributed by atoms with Crippen molar-refractivity contribution in [3.8, 4) is 11.3 Å². The van der Waals surface area contributed by atoms with Crippen molar-refractivity contribution >= 4 is 11.4 Å². The minimum absolute atomic E-state index is 0.666. The van der Waals surface area contributed by atoms with E-state index in [9.17, 15) is 0 Å². The van der Waals surface area contributed by atoms with Crippen molar-refractivity contribution < 1.29 is 0 Å². The van der Waals surface area contributed by atoms with Crippen LogP contribution < -0.4 is 5.32 Å². The maximum atomic E-state index is 4.61. The quantitative estimate of drug-likeness (QED) is 0.645. The van der Waals surface area contributed by atoms with E-state index >= 15 is 0 Å². The fourth-order valence-electron chi connectivity index (χ4n) is 3.38. The van der Waals surface area contributed by atoms with Gasteiger partial charge in [-0.15, -0.1) is 0 Å². The Kier molecular flexibility index (Phi) is 4.29. The van der Waals surface area contributed by atoms with Gasteiger partial charge in [0.05, 0.1) is 17.1 Å². The second kappa shape index (κ2) is 6.75. The summed E-state index contributed by atoms with van der Waals surface area (Å²) >= 11 is 0. The normalized spacial score (nSPS) is 13.5. The summed E-state index contributed by atoms with van der Waals surface area (Å²) in [6.45, 7) is 8.34. The molecule has 0 radical (unpaired) electrons. The number of aromatic nitrogens is 2. The third-order valence-electron chi connectivity index (χ3n) is 4.72. The lowest BCUT2D eigenvalue weighted by Crippen LogP contribution is -2.01. The van der Waals surface area contributed by atoms with Crippen LogP contribution in [0, 0.1) is 13.8 Å². The zero-order valence-corrected chi connectivity index (χ0v) is 15.3. The van der Waals surface area contributed by atoms with Crippen molar-refractivity contribution in [2.24, 2.45) is 0 Å². The van der Waals surface area contributed by atoms with Crippen molar-refractivity contribution in [1.82, 2.24) is 9.97 Å². The molecule has 0 atom stereocenters. The van der Waals surface area contributed by atoms with E-state index in [1.165, 1.54) is 29.5 Å². The van der Waals surface area contributed by atoms with Crippen molar-refractivity contribution in [1.29, 1.82) is 0 Å². The Morgan fingerprint density at radius 3 is 2.46 bits per heavy atom. The molecule has 3 heteroatoms. The zero-order valence-electron chi connectivity index (χ0n) is 15.3. The van der Waals surface area contributed by atoms with Gasteiger partial charge in [-0.05, 0) is 79.6 Å². The minimum Gasteiger partial charge on any atom is -0.354 e. The van der Waals surface area contributed by atoms with Gasteiger partial charge in [-0.2, -0.15) is 0 Å². The van der Waals surface area contributed by atoms with E-state index in [1.807, 2.05) is 24.5 Å². The maximum Gasteiger partial charge on any atom is 0.0858 e. The number of hydrogen-bond donors (Lipinski definition) is 1. The molecule has 0 unspecified atom stereocenters. The fourth-order valence-corrected chi connectivity index (χ4v) is 3.38. The van der Waals surface area contributed by atoms with Crippen molar-refractivity contribution in [3.05, 3.63) is 83.8 Å². The van der Waals surface area contributed by atoms with Gasteiger partial charge in [0, 0.05) is 23.6 Å². The summed E-state index contributed by atoms with van der Waals surface area (Å²) < 4.78 is 0. The lowest BCUT2D eigenvalue weighted by Gasteiger charge is -2.12. The molecule has 1 N–H and O–H groups in total. The van der Waals surface area contributed by atoms with Gasteiger partial charge in [0.2, 0.25) is 0 Å². The molecule has 0 bridgehead atoms. The minimum atomic E-state index is 0.666. The van der Waals surface area contributed by atoms with Crippen molar-refractivity contribution in [2.75, 3.05) is 5.32 Å². The summed E-state index contributed by atoms with van der Waals surface area (Å²) in [5.41, 5.74) is 8.60. The first kappa shape index (κ1) is 16.5. The molecule has 1 fully saturated rings. The summed E-state index contributed by atoms with van der Waals surface area (Å²) in [6.07, 6.45) is 6.29. The topological polar surface area (TPSA) is 37.8 Å². The first-order valence-electron chi connectivity index (χ1n) is 9.06. The van der Waals surface area contributed by atoms with Gasteiger partial charge in [-0.3, -0.25) is 9.97 Å². The van der Waals surface area contributed by atoms with Crippen LogP contribution in [0.3, 0.4) is 0 Å². The van der Waals surface area contributed by atoms with Crippen LogP contribution >= 0.6 is 0 Å². The van der Waals surface area contributed by atoms with E-state index in [1.54, 1.807) is 0 Å². The summed E-state index contributed by atoms with van der Waals surface area (Å²) in [7, 11) is 0. The van der Waals surface area contributed by atoms with Crippen LogP contribution in [0.15, 0.2) is 61.4 Å². The highest BCUT2D eigenvalue weighted by atomic mass is 14.9. The standard InChI is InChI=1S/C23H23N3/c1-15-11-16(2)13-20(12-15)26-17(3)22-9-8-19(14-25-22)23-21(18-6-7-18)5-4-10-24-23/h4-5,8-14,18,26H,3,6-7H2,1-2H3. The van der Waals surface area contributed by atoms with Crippen LogP contribution in [0.1, 0.15) is 41.1 Å². The lowest BCUT2D eigenvalue weighted by atomic mass is 10.0. The van der Waals surface area contributed by atoms with Gasteiger partial charge >= 0.3 is 0 Å². The van der Waals surface area contributed by atoms with E-state index in [0.29, 0.717) is 5.92 Å². The molecule has 1 aliphatic carbocycles. The molecule has 0 amide bonds. The zero-order chi connectivity index (χ0) is 18.1. The van der Waals surface area contributed by atoms with E-state index in [0.717, 1.165) is 28.3 Å². The Bertz CT molecular complexity index is 933. The van der Waals surface area contributed by atoms with E-state index < -0.39 is 0 Å². The predicted molar refractivity (Wildman–Crippen MR) is 108 cm³/mol. The van der Waals surface area contributed by atoms with Gasteiger partial charge in [0.1, 0.15) is 0 Å². The van der Waals surface area contributed by atoms with Crippen LogP contribution in [0.2, 0.25) is 0 Å². The Morgan fingerprint density at radius 1 is 1.04 bits per heavy atom. The van der Waals surface area contributed by atoms with Crippen LogP contribution in [0.5, 0.6) is 0 Å². The first-order chi connectivity index (χ1) is 12.6. The number of pyridine rings is 2. The molecule has 26 heavy (non-hydrogen) atoms. The average Bonchev–Trinajstić information content (AvgIpc) is 3.46. The van der Waals surface area contributed by atoms with Crippen molar-refractivity contribution in [2.45, 2.75) is 32.6 Å². The van der Waals surface area contributed by atoms with Gasteiger partial charge in [0.25, 0.3) is 0 Å². The highest BCUT2D eigenvalue weighted by Gasteiger charge is 2.26. The number of nitrogens with zero attached hydrogens (tertiary/aromatic N) is 2. The molecule has 130 valence electrons. The van der Waals surface area contributed by atoms with Gasteiger partial charge < -0.3 is 5.32 Å². The van der Waals surface area contributed by atoms with Gasteiger partial charge in [0.15, 0.2) is 0 Å². The number of rotatable bonds is 5. The highest BCUT2D eigenvalue weighted by Crippen LogP contribution is 2.43. The number of anilines is 1. The lowest BCUT2D eigenvalue weighted by molar-refractivity contribution is 1.09. The molecule has 1 aromatic carbocycles. The molecule has 3 nitrogen and oxygen atoms in total. The highest BCUT2D eigenvalue weighted by molar-refractivity contribution is 5.75. The Labute approximate surface area is 154 Å². The van der Waals surface area contributed by atoms with Gasteiger partial charge in [-0.25, -0.2) is 0 Å². The summed E-state index contributed by atoms with van der Waals surface area (Å²) in [5.74, 6) is 0.666. The van der Waals surface area contributed by atoms with E-state index in [-0.39, 0.29) is 0 Å². The molecule has 0 spiro atoms. The predicted octanol–water partition coefficient (Wildman–Crippen LogP) is 5.72. The van der Waals surface area contributed by atoms with Crippen LogP contribution in [0.25, 0.3) is 17.0 Å². The van der Waals surface area contributed by atoms with Crippen LogP contribution in [0.4, 0.5) is 5.69 Å². The van der Waals surface area contributed by atoms with Crippen LogP contribution in [-0.4, -0.2) is 9.97 Å². The number of nitrogens with one attached hydrogen (secondary N) is 1. The number of hydrogen-bond acceptors (Lipinski definition) is 3. The average molecular weight is 341 g/mol. The fraction of sp³-hybridized carbons (Fsp3) is 0.217. The van der Waals surface area contributed by atoms with Gasteiger partial charge in [-0.1, -0.05) is 18.7 Å². The summed E-state index contributed by atoms with van der Waals surface area (Å²) in [5, 5.41) is 3.37. The molecule has 3 aromatic rings. The molecule has 2 aromatic heterocycles. The largest absolute Gasteiger partial charge is 0.354 e. The van der Waals surface area contributed by atoms with E-state index in [2.05, 4.69) is 66.0 Å². The Balaban J connectivity index is 1.55. The number of aryl methyl sites for hydroxylation is 2. The SMILES string of the molecule is C=C(Nc1cc(C)cc(C)c1)c1ccc(-c2ncccc2C2CC2)cn1. The molecule has 0 saturated heterocycles. The molecule has 2 heterocycles. The summed E-state index contributed by atoms with van der Waals surface area (Å²) in [6, 6.07) is 14.7. The maximum absolute atomic E-state index is 4.61. The second-order valence-electron chi connectivity index (χ2n) is 7.13. The Hall–Kier alpha value is -2.94. The summed E-state index contributed by atoms with van der Waals surface area (Å²) in [4.78, 5) is 9.21. The third-order valence-corrected chi connectivity index (χ3v) is 4.72. The smallest absolute Gasteiger partial charge is 0.0858 e. The third kappa shape index (κ3) is 3.52.